The van der Waals surface area contributed by atoms with Crippen LogP contribution in [0.3, 0.4) is 0 Å². The van der Waals surface area contributed by atoms with E-state index >= 15 is 0 Å². The van der Waals surface area contributed by atoms with Crippen LogP contribution >= 0.6 is 11.8 Å². The summed E-state index contributed by atoms with van der Waals surface area (Å²) in [5, 5.41) is 0. The van der Waals surface area contributed by atoms with Crippen LogP contribution in [0.2, 0.25) is 0 Å². The fraction of sp³-hybridized carbons (Fsp3) is 0.500. The van der Waals surface area contributed by atoms with Crippen LogP contribution in [-0.2, 0) is 5.75 Å². The van der Waals surface area contributed by atoms with E-state index in [0.29, 0.717) is 0 Å². The van der Waals surface area contributed by atoms with Gasteiger partial charge in [-0.25, -0.2) is 0 Å². The van der Waals surface area contributed by atoms with Gasteiger partial charge in [-0.3, -0.25) is 0 Å². The number of hydrogen-bond acceptors (Lipinski definition) is 3. The van der Waals surface area contributed by atoms with Gasteiger partial charge in [0.15, 0.2) is 0 Å². The molecule has 0 atom stereocenters. The zero-order valence-corrected chi connectivity index (χ0v) is 7.27. The van der Waals surface area contributed by atoms with E-state index in [1.165, 1.54) is 0 Å². The van der Waals surface area contributed by atoms with Gasteiger partial charge in [0.25, 0.3) is 0 Å². The Hall–Kier alpha value is -0.410. The lowest BCUT2D eigenvalue weighted by atomic mass is 10.5. The summed E-state index contributed by atoms with van der Waals surface area (Å²) in [6, 6.07) is 3.91. The maximum atomic E-state index is 5.35. The van der Waals surface area contributed by atoms with E-state index in [1.54, 1.807) is 6.26 Å². The molecule has 0 aliphatic heterocycles. The summed E-state index contributed by atoms with van der Waals surface area (Å²) >= 11 is 1.86. The van der Waals surface area contributed by atoms with Crippen molar-refractivity contribution in [3.8, 4) is 0 Å². The molecule has 1 aromatic rings. The van der Waals surface area contributed by atoms with E-state index in [-0.39, 0.29) is 0 Å². The molecule has 0 aromatic carbocycles. The molecule has 0 bridgehead atoms. The minimum Gasteiger partial charge on any atom is -0.468 e. The highest BCUT2D eigenvalue weighted by Crippen LogP contribution is 2.12. The van der Waals surface area contributed by atoms with Crippen LogP contribution in [0.4, 0.5) is 0 Å². The van der Waals surface area contributed by atoms with Crippen molar-refractivity contribution in [2.75, 3.05) is 12.3 Å². The Kier molecular flexibility index (Phi) is 4.16. The van der Waals surface area contributed by atoms with E-state index in [2.05, 4.69) is 0 Å². The van der Waals surface area contributed by atoms with Gasteiger partial charge in [-0.15, -0.1) is 0 Å². The van der Waals surface area contributed by atoms with Crippen molar-refractivity contribution < 1.29 is 4.42 Å². The molecule has 1 aromatic heterocycles. The van der Waals surface area contributed by atoms with Gasteiger partial charge in [0.2, 0.25) is 0 Å². The Balaban J connectivity index is 2.04. The Morgan fingerprint density at radius 2 is 2.45 bits per heavy atom. The van der Waals surface area contributed by atoms with Gasteiger partial charge in [-0.05, 0) is 30.9 Å². The third kappa shape index (κ3) is 3.49. The molecule has 3 heteroatoms. The molecule has 0 saturated heterocycles. The highest BCUT2D eigenvalue weighted by molar-refractivity contribution is 7.98. The molecule has 0 unspecified atom stereocenters. The quantitative estimate of drug-likeness (QED) is 0.687. The van der Waals surface area contributed by atoms with Crippen LogP contribution in [0.1, 0.15) is 12.2 Å². The van der Waals surface area contributed by atoms with Crippen LogP contribution in [0.5, 0.6) is 0 Å². The van der Waals surface area contributed by atoms with Gasteiger partial charge in [0, 0.05) is 0 Å². The Labute approximate surface area is 71.1 Å². The van der Waals surface area contributed by atoms with Gasteiger partial charge in [-0.1, -0.05) is 0 Å². The lowest BCUT2D eigenvalue weighted by molar-refractivity contribution is 0.530. The predicted molar refractivity (Wildman–Crippen MR) is 48.5 cm³/mol. The number of hydrogen-bond donors (Lipinski definition) is 1. The monoisotopic (exact) mass is 171 g/mol. The SMILES string of the molecule is NCCCSCc1ccco1. The predicted octanol–water partition coefficient (Wildman–Crippen LogP) is 1.86. The second-order valence-electron chi connectivity index (χ2n) is 2.27. The standard InChI is InChI=1S/C8H13NOS/c9-4-2-6-11-7-8-3-1-5-10-8/h1,3,5H,2,4,6-7,9H2. The summed E-state index contributed by atoms with van der Waals surface area (Å²) in [7, 11) is 0. The van der Waals surface area contributed by atoms with E-state index in [1.807, 2.05) is 23.9 Å². The largest absolute Gasteiger partial charge is 0.468 e. The van der Waals surface area contributed by atoms with Crippen molar-refractivity contribution in [2.24, 2.45) is 5.73 Å². The molecular weight excluding hydrogens is 158 g/mol. The van der Waals surface area contributed by atoms with Gasteiger partial charge in [-0.2, -0.15) is 11.8 Å². The molecule has 0 amide bonds. The Morgan fingerprint density at radius 3 is 3.09 bits per heavy atom. The fourth-order valence-corrected chi connectivity index (χ4v) is 1.63. The van der Waals surface area contributed by atoms with Crippen molar-refractivity contribution in [2.45, 2.75) is 12.2 Å². The van der Waals surface area contributed by atoms with Crippen LogP contribution in [0.25, 0.3) is 0 Å². The molecule has 0 radical (unpaired) electrons. The van der Waals surface area contributed by atoms with E-state index in [0.717, 1.165) is 30.2 Å². The van der Waals surface area contributed by atoms with Crippen molar-refractivity contribution in [1.29, 1.82) is 0 Å². The first kappa shape index (κ1) is 8.68. The molecule has 1 rings (SSSR count). The zero-order valence-electron chi connectivity index (χ0n) is 6.45. The topological polar surface area (TPSA) is 39.2 Å². The molecule has 62 valence electrons. The molecule has 0 aliphatic rings. The molecular formula is C8H13NOS. The second kappa shape index (κ2) is 5.27. The maximum absolute atomic E-state index is 5.35. The summed E-state index contributed by atoms with van der Waals surface area (Å²) in [6.45, 7) is 0.783. The molecule has 0 aliphatic carbocycles. The number of furan rings is 1. The second-order valence-corrected chi connectivity index (χ2v) is 3.38. The molecule has 0 fully saturated rings. The van der Waals surface area contributed by atoms with E-state index in [9.17, 15) is 0 Å². The minimum absolute atomic E-state index is 0.783. The van der Waals surface area contributed by atoms with E-state index < -0.39 is 0 Å². The first-order valence-electron chi connectivity index (χ1n) is 3.73. The average molecular weight is 171 g/mol. The van der Waals surface area contributed by atoms with Crippen LogP contribution < -0.4 is 5.73 Å². The van der Waals surface area contributed by atoms with Crippen molar-refractivity contribution in [1.82, 2.24) is 0 Å². The summed E-state index contributed by atoms with van der Waals surface area (Å²) in [5.41, 5.74) is 5.35. The molecule has 2 N–H and O–H groups in total. The first-order valence-corrected chi connectivity index (χ1v) is 4.89. The normalized spacial score (nSPS) is 10.3. The van der Waals surface area contributed by atoms with Gasteiger partial charge < -0.3 is 10.2 Å². The maximum Gasteiger partial charge on any atom is 0.113 e. The van der Waals surface area contributed by atoms with Crippen molar-refractivity contribution in [3.63, 3.8) is 0 Å². The summed E-state index contributed by atoms with van der Waals surface area (Å²) in [6.07, 6.45) is 2.80. The lowest BCUT2D eigenvalue weighted by Gasteiger charge is -1.95. The highest BCUT2D eigenvalue weighted by atomic mass is 32.2. The molecule has 1 heterocycles. The summed E-state index contributed by atoms with van der Waals surface area (Å²) in [4.78, 5) is 0. The summed E-state index contributed by atoms with van der Waals surface area (Å²) < 4.78 is 5.16. The van der Waals surface area contributed by atoms with Crippen LogP contribution in [0, 0.1) is 0 Å². The zero-order chi connectivity index (χ0) is 7.94. The minimum atomic E-state index is 0.783. The molecule has 0 spiro atoms. The van der Waals surface area contributed by atoms with Crippen LogP contribution in [0.15, 0.2) is 22.8 Å². The van der Waals surface area contributed by atoms with Gasteiger partial charge >= 0.3 is 0 Å². The van der Waals surface area contributed by atoms with Gasteiger partial charge in [0.1, 0.15) is 5.76 Å². The average Bonchev–Trinajstić information content (AvgIpc) is 2.50. The number of rotatable bonds is 5. The van der Waals surface area contributed by atoms with Crippen LogP contribution in [-0.4, -0.2) is 12.3 Å². The first-order chi connectivity index (χ1) is 5.43. The third-order valence-corrected chi connectivity index (χ3v) is 2.38. The van der Waals surface area contributed by atoms with E-state index in [4.69, 9.17) is 10.2 Å². The molecule has 2 nitrogen and oxygen atoms in total. The summed E-state index contributed by atoms with van der Waals surface area (Å²) in [5.74, 6) is 3.14. The Bertz CT molecular complexity index is 174. The number of nitrogens with two attached hydrogens (primary N) is 1. The number of thioether (sulfide) groups is 1. The molecule has 11 heavy (non-hydrogen) atoms. The van der Waals surface area contributed by atoms with Gasteiger partial charge in [0.05, 0.1) is 12.0 Å². The third-order valence-electron chi connectivity index (χ3n) is 1.32. The van der Waals surface area contributed by atoms with Crippen molar-refractivity contribution >= 4 is 11.8 Å². The smallest absolute Gasteiger partial charge is 0.113 e. The highest BCUT2D eigenvalue weighted by Gasteiger charge is 1.94. The molecule has 0 saturated carbocycles. The lowest BCUT2D eigenvalue weighted by Crippen LogP contribution is -1.99. The van der Waals surface area contributed by atoms with Crippen molar-refractivity contribution in [3.05, 3.63) is 24.2 Å². The fourth-order valence-electron chi connectivity index (χ4n) is 0.753. The Morgan fingerprint density at radius 1 is 1.55 bits per heavy atom.